The number of alkyl halides is 3. The van der Waals surface area contributed by atoms with Crippen molar-refractivity contribution in [1.82, 2.24) is 5.32 Å². The third kappa shape index (κ3) is 4.43. The molecule has 0 aliphatic heterocycles. The minimum Gasteiger partial charge on any atom is -0.351 e. The van der Waals surface area contributed by atoms with Crippen LogP contribution in [0.15, 0.2) is 18.2 Å². The number of halogens is 3. The Morgan fingerprint density at radius 2 is 2.05 bits per heavy atom. The second-order valence-electron chi connectivity index (χ2n) is 4.39. The Labute approximate surface area is 122 Å². The molecule has 2 atom stereocenters. The Balaban J connectivity index is 3.02. The maximum absolute atomic E-state index is 12.8. The van der Waals surface area contributed by atoms with Gasteiger partial charge in [-0.1, -0.05) is 6.07 Å². The van der Waals surface area contributed by atoms with E-state index in [9.17, 15) is 22.2 Å². The smallest absolute Gasteiger partial charge is 0.351 e. The average Bonchev–Trinajstić information content (AvgIpc) is 2.42. The summed E-state index contributed by atoms with van der Waals surface area (Å²) >= 11 is 0. The first-order valence-electron chi connectivity index (χ1n) is 5.95. The molecule has 2 unspecified atom stereocenters. The Morgan fingerprint density at radius 3 is 2.52 bits per heavy atom. The summed E-state index contributed by atoms with van der Waals surface area (Å²) in [5.74, 6) is 4.40. The quantitative estimate of drug-likeness (QED) is 0.566. The summed E-state index contributed by atoms with van der Waals surface area (Å²) in [7, 11) is -1.14. The highest BCUT2D eigenvalue weighted by Crippen LogP contribution is 2.36. The van der Waals surface area contributed by atoms with Crippen LogP contribution in [0.3, 0.4) is 0 Å². The van der Waals surface area contributed by atoms with Gasteiger partial charge in [0, 0.05) is 28.9 Å². The van der Waals surface area contributed by atoms with Crippen LogP contribution in [0.1, 0.15) is 22.8 Å². The number of amides is 1. The summed E-state index contributed by atoms with van der Waals surface area (Å²) in [5.41, 5.74) is 0.184. The Bertz CT molecular complexity index is 549. The zero-order chi connectivity index (χ0) is 16.2. The molecule has 0 heterocycles. The molecule has 1 amide bonds. The number of hydrazine groups is 1. The monoisotopic (exact) mass is 323 g/mol. The lowest BCUT2D eigenvalue weighted by Crippen LogP contribution is -2.33. The zero-order valence-electron chi connectivity index (χ0n) is 11.5. The SMILES string of the molecule is CC(CNC(=O)c1cccc(C(F)(F)F)c1NN)S(C)=O. The number of hydrogen-bond donors (Lipinski definition) is 3. The number of anilines is 1. The molecule has 0 bridgehead atoms. The van der Waals surface area contributed by atoms with E-state index in [0.717, 1.165) is 12.1 Å². The predicted octanol–water partition coefficient (Wildman–Crippen LogP) is 1.49. The van der Waals surface area contributed by atoms with Gasteiger partial charge in [-0.3, -0.25) is 14.8 Å². The lowest BCUT2D eigenvalue weighted by atomic mass is 10.1. The maximum Gasteiger partial charge on any atom is 0.418 e. The Kier molecular flexibility index (Phi) is 5.73. The molecule has 0 spiro atoms. The highest BCUT2D eigenvalue weighted by molar-refractivity contribution is 7.84. The standard InChI is InChI=1S/C12H16F3N3O2S/c1-7(21(2)20)6-17-11(19)8-4-3-5-9(10(8)18-16)12(13,14)15/h3-5,7,18H,6,16H2,1-2H3,(H,17,19). The summed E-state index contributed by atoms with van der Waals surface area (Å²) in [6.45, 7) is 1.74. The van der Waals surface area contributed by atoms with E-state index in [1.54, 1.807) is 6.92 Å². The molecule has 0 saturated carbocycles. The van der Waals surface area contributed by atoms with Crippen molar-refractivity contribution in [3.05, 3.63) is 29.3 Å². The van der Waals surface area contributed by atoms with Crippen molar-refractivity contribution in [2.75, 3.05) is 18.2 Å². The second-order valence-corrected chi connectivity index (χ2v) is 6.19. The van der Waals surface area contributed by atoms with Crippen LogP contribution in [-0.4, -0.2) is 28.2 Å². The van der Waals surface area contributed by atoms with Crippen LogP contribution < -0.4 is 16.6 Å². The van der Waals surface area contributed by atoms with Crippen LogP contribution in [0.4, 0.5) is 18.9 Å². The van der Waals surface area contributed by atoms with Gasteiger partial charge in [0.2, 0.25) is 0 Å². The molecular weight excluding hydrogens is 307 g/mol. The molecule has 1 rings (SSSR count). The number of para-hydroxylation sites is 1. The number of benzene rings is 1. The van der Waals surface area contributed by atoms with Gasteiger partial charge in [-0.2, -0.15) is 13.2 Å². The van der Waals surface area contributed by atoms with Crippen molar-refractivity contribution in [2.24, 2.45) is 5.84 Å². The zero-order valence-corrected chi connectivity index (χ0v) is 12.3. The molecule has 1 aromatic carbocycles. The second kappa shape index (κ2) is 6.90. The van der Waals surface area contributed by atoms with Gasteiger partial charge >= 0.3 is 6.18 Å². The van der Waals surface area contributed by atoms with Crippen molar-refractivity contribution in [2.45, 2.75) is 18.3 Å². The summed E-state index contributed by atoms with van der Waals surface area (Å²) in [6, 6.07) is 3.18. The number of nitrogens with one attached hydrogen (secondary N) is 2. The Hall–Kier alpha value is -1.61. The molecule has 118 valence electrons. The first-order valence-corrected chi connectivity index (χ1v) is 7.57. The first-order chi connectivity index (χ1) is 9.68. The molecule has 1 aromatic rings. The molecule has 0 aliphatic rings. The normalized spacial score (nSPS) is 14.4. The number of hydrogen-bond acceptors (Lipinski definition) is 4. The highest BCUT2D eigenvalue weighted by atomic mass is 32.2. The fourth-order valence-corrected chi connectivity index (χ4v) is 1.90. The van der Waals surface area contributed by atoms with Crippen molar-refractivity contribution < 1.29 is 22.2 Å². The van der Waals surface area contributed by atoms with Crippen LogP contribution in [0.5, 0.6) is 0 Å². The largest absolute Gasteiger partial charge is 0.418 e. The molecular formula is C12H16F3N3O2S. The third-order valence-electron chi connectivity index (χ3n) is 2.88. The number of carbonyl (C=O) groups excluding carboxylic acids is 1. The Morgan fingerprint density at radius 1 is 1.43 bits per heavy atom. The van der Waals surface area contributed by atoms with Gasteiger partial charge in [0.25, 0.3) is 5.91 Å². The summed E-state index contributed by atoms with van der Waals surface area (Å²) in [6.07, 6.45) is -3.15. The van der Waals surface area contributed by atoms with Crippen molar-refractivity contribution in [3.8, 4) is 0 Å². The van der Waals surface area contributed by atoms with E-state index in [-0.39, 0.29) is 17.4 Å². The van der Waals surface area contributed by atoms with Crippen LogP contribution in [-0.2, 0) is 17.0 Å². The molecule has 9 heteroatoms. The van der Waals surface area contributed by atoms with Crippen LogP contribution in [0.2, 0.25) is 0 Å². The minimum absolute atomic E-state index is 0.0855. The third-order valence-corrected chi connectivity index (χ3v) is 4.18. The molecule has 4 N–H and O–H groups in total. The summed E-state index contributed by atoms with van der Waals surface area (Å²) < 4.78 is 49.7. The number of nitrogens with two attached hydrogens (primary N) is 1. The lowest BCUT2D eigenvalue weighted by molar-refractivity contribution is -0.137. The minimum atomic E-state index is -4.63. The lowest BCUT2D eigenvalue weighted by Gasteiger charge is -2.16. The van der Waals surface area contributed by atoms with Gasteiger partial charge in [-0.05, 0) is 19.1 Å². The van der Waals surface area contributed by atoms with Gasteiger partial charge in [0.1, 0.15) is 0 Å². The van der Waals surface area contributed by atoms with Gasteiger partial charge in [0.05, 0.1) is 16.8 Å². The van der Waals surface area contributed by atoms with E-state index in [0.29, 0.717) is 0 Å². The van der Waals surface area contributed by atoms with Crippen LogP contribution >= 0.6 is 0 Å². The van der Waals surface area contributed by atoms with Gasteiger partial charge < -0.3 is 10.7 Å². The number of rotatable bonds is 5. The van der Waals surface area contributed by atoms with Gasteiger partial charge in [-0.25, -0.2) is 0 Å². The van der Waals surface area contributed by atoms with Gasteiger partial charge in [0.15, 0.2) is 0 Å². The van der Waals surface area contributed by atoms with E-state index < -0.39 is 34.1 Å². The fourth-order valence-electron chi connectivity index (χ4n) is 1.58. The van der Waals surface area contributed by atoms with Gasteiger partial charge in [-0.15, -0.1) is 0 Å². The predicted molar refractivity (Wildman–Crippen MR) is 75.1 cm³/mol. The van der Waals surface area contributed by atoms with E-state index in [1.807, 2.05) is 5.43 Å². The molecule has 0 aliphatic carbocycles. The molecule has 0 fully saturated rings. The number of nitrogen functional groups attached to an aromatic ring is 1. The highest BCUT2D eigenvalue weighted by Gasteiger charge is 2.35. The molecule has 0 radical (unpaired) electrons. The maximum atomic E-state index is 12.8. The van der Waals surface area contributed by atoms with Crippen LogP contribution in [0, 0.1) is 0 Å². The number of carbonyl (C=O) groups is 1. The van der Waals surface area contributed by atoms with E-state index >= 15 is 0 Å². The fraction of sp³-hybridized carbons (Fsp3) is 0.417. The molecule has 0 saturated heterocycles. The topological polar surface area (TPSA) is 84.2 Å². The summed E-state index contributed by atoms with van der Waals surface area (Å²) in [5, 5.41) is 2.13. The van der Waals surface area contributed by atoms with Crippen LogP contribution in [0.25, 0.3) is 0 Å². The average molecular weight is 323 g/mol. The molecule has 21 heavy (non-hydrogen) atoms. The van der Waals surface area contributed by atoms with Crippen molar-refractivity contribution in [1.29, 1.82) is 0 Å². The van der Waals surface area contributed by atoms with Crippen molar-refractivity contribution in [3.63, 3.8) is 0 Å². The van der Waals surface area contributed by atoms with E-state index in [1.165, 1.54) is 12.3 Å². The summed E-state index contributed by atoms with van der Waals surface area (Å²) in [4.78, 5) is 12.0. The van der Waals surface area contributed by atoms with E-state index in [2.05, 4.69) is 5.32 Å². The first kappa shape index (κ1) is 17.4. The van der Waals surface area contributed by atoms with Crippen molar-refractivity contribution >= 4 is 22.4 Å². The molecule has 5 nitrogen and oxygen atoms in total. The molecule has 0 aromatic heterocycles. The van der Waals surface area contributed by atoms with E-state index in [4.69, 9.17) is 5.84 Å².